The molecule has 1 aliphatic heterocycles. The quantitative estimate of drug-likeness (QED) is 0.444. The number of carbonyl (C=O) groups is 3. The average Bonchev–Trinajstić information content (AvgIpc) is 3.29. The van der Waals surface area contributed by atoms with Crippen molar-refractivity contribution in [3.63, 3.8) is 0 Å². The molecule has 0 fully saturated rings. The van der Waals surface area contributed by atoms with Crippen LogP contribution in [0.25, 0.3) is 0 Å². The van der Waals surface area contributed by atoms with Gasteiger partial charge in [-0.15, -0.1) is 10.2 Å². The lowest BCUT2D eigenvalue weighted by molar-refractivity contribution is 0.0655. The van der Waals surface area contributed by atoms with Gasteiger partial charge < -0.3 is 0 Å². The van der Waals surface area contributed by atoms with E-state index in [-0.39, 0.29) is 37.1 Å². The minimum Gasteiger partial charge on any atom is -0.292 e. The van der Waals surface area contributed by atoms with Gasteiger partial charge in [0, 0.05) is 18.5 Å². The second-order valence-corrected chi connectivity index (χ2v) is 7.49. The third-order valence-corrected chi connectivity index (χ3v) is 5.12. The van der Waals surface area contributed by atoms with Crippen molar-refractivity contribution in [2.45, 2.75) is 32.7 Å². The zero-order chi connectivity index (χ0) is 21.3. The number of hydrogen-bond donors (Lipinski definition) is 0. The predicted molar refractivity (Wildman–Crippen MR) is 108 cm³/mol. The van der Waals surface area contributed by atoms with Crippen LogP contribution in [-0.2, 0) is 13.0 Å². The topological polar surface area (TPSA) is 98.0 Å². The number of tetrazole rings is 1. The Bertz CT molecular complexity index is 1080. The van der Waals surface area contributed by atoms with Gasteiger partial charge in [-0.3, -0.25) is 19.3 Å². The van der Waals surface area contributed by atoms with Crippen LogP contribution in [0.1, 0.15) is 62.2 Å². The highest BCUT2D eigenvalue weighted by atomic mass is 16.2. The molecule has 1 aliphatic rings. The minimum absolute atomic E-state index is 0.0267. The van der Waals surface area contributed by atoms with Crippen LogP contribution >= 0.6 is 0 Å². The van der Waals surface area contributed by atoms with E-state index in [1.807, 2.05) is 12.1 Å². The van der Waals surface area contributed by atoms with Crippen molar-refractivity contribution >= 4 is 17.6 Å². The summed E-state index contributed by atoms with van der Waals surface area (Å²) in [4.78, 5) is 39.7. The van der Waals surface area contributed by atoms with E-state index in [1.54, 1.807) is 36.4 Å². The number of imide groups is 1. The number of benzene rings is 2. The summed E-state index contributed by atoms with van der Waals surface area (Å²) in [5, 5.41) is 12.1. The molecule has 4 rings (SSSR count). The first kappa shape index (κ1) is 19.6. The lowest BCUT2D eigenvalue weighted by Crippen LogP contribution is -2.32. The Kier molecular flexibility index (Phi) is 5.22. The molecule has 0 radical (unpaired) electrons. The maximum atomic E-state index is 12.5. The molecular weight excluding hydrogens is 382 g/mol. The second kappa shape index (κ2) is 7.98. The Morgan fingerprint density at radius 3 is 2.20 bits per heavy atom. The van der Waals surface area contributed by atoms with Crippen LogP contribution < -0.4 is 0 Å². The van der Waals surface area contributed by atoms with E-state index in [1.165, 1.54) is 15.3 Å². The molecule has 0 N–H and O–H groups in total. The summed E-state index contributed by atoms with van der Waals surface area (Å²) in [5.74, 6) is 0.0194. The smallest absolute Gasteiger partial charge is 0.261 e. The first-order chi connectivity index (χ1) is 14.4. The summed E-state index contributed by atoms with van der Waals surface area (Å²) in [7, 11) is 0. The molecule has 0 atom stereocenters. The van der Waals surface area contributed by atoms with Crippen LogP contribution in [0.3, 0.4) is 0 Å². The van der Waals surface area contributed by atoms with Gasteiger partial charge in [0.15, 0.2) is 11.6 Å². The van der Waals surface area contributed by atoms with E-state index in [4.69, 9.17) is 0 Å². The number of Topliss-reactive ketones (excluding diaryl/α,β-unsaturated/α-hetero) is 1. The van der Waals surface area contributed by atoms with E-state index >= 15 is 0 Å². The van der Waals surface area contributed by atoms with Crippen molar-refractivity contribution in [3.05, 3.63) is 76.6 Å². The van der Waals surface area contributed by atoms with Gasteiger partial charge in [0.2, 0.25) is 0 Å². The van der Waals surface area contributed by atoms with E-state index < -0.39 is 0 Å². The molecule has 1 aromatic heterocycles. The van der Waals surface area contributed by atoms with Gasteiger partial charge in [0.1, 0.15) is 6.54 Å². The van der Waals surface area contributed by atoms with Gasteiger partial charge in [-0.1, -0.05) is 50.2 Å². The summed E-state index contributed by atoms with van der Waals surface area (Å²) in [6.45, 7) is 4.32. The molecular formula is C22H21N5O3. The van der Waals surface area contributed by atoms with Gasteiger partial charge in [-0.05, 0) is 28.8 Å². The fourth-order valence-corrected chi connectivity index (χ4v) is 3.37. The summed E-state index contributed by atoms with van der Waals surface area (Å²) in [6, 6.07) is 14.2. The molecule has 0 saturated carbocycles. The van der Waals surface area contributed by atoms with E-state index in [2.05, 4.69) is 29.3 Å². The molecule has 0 unspecified atom stereocenters. The van der Waals surface area contributed by atoms with Crippen molar-refractivity contribution in [1.82, 2.24) is 25.1 Å². The zero-order valence-electron chi connectivity index (χ0n) is 16.8. The fourth-order valence-electron chi connectivity index (χ4n) is 3.37. The van der Waals surface area contributed by atoms with Crippen LogP contribution in [0.2, 0.25) is 0 Å². The molecule has 8 nitrogen and oxygen atoms in total. The van der Waals surface area contributed by atoms with Gasteiger partial charge in [-0.2, -0.15) is 4.80 Å². The molecule has 0 spiro atoms. The highest BCUT2D eigenvalue weighted by Gasteiger charge is 2.34. The summed E-state index contributed by atoms with van der Waals surface area (Å²) >= 11 is 0. The van der Waals surface area contributed by atoms with Gasteiger partial charge in [-0.25, -0.2) is 0 Å². The number of fused-ring (bicyclic) bond motifs is 1. The second-order valence-electron chi connectivity index (χ2n) is 7.49. The largest absolute Gasteiger partial charge is 0.292 e. The van der Waals surface area contributed by atoms with Crippen molar-refractivity contribution < 1.29 is 14.4 Å². The molecule has 0 bridgehead atoms. The minimum atomic E-state index is -0.317. The molecule has 30 heavy (non-hydrogen) atoms. The molecule has 0 aliphatic carbocycles. The van der Waals surface area contributed by atoms with Gasteiger partial charge >= 0.3 is 0 Å². The van der Waals surface area contributed by atoms with E-state index in [9.17, 15) is 14.4 Å². The number of hydrogen-bond acceptors (Lipinski definition) is 6. The third kappa shape index (κ3) is 3.76. The predicted octanol–water partition coefficient (Wildman–Crippen LogP) is 2.52. The molecule has 2 amide bonds. The first-order valence-electron chi connectivity index (χ1n) is 9.79. The average molecular weight is 403 g/mol. The van der Waals surface area contributed by atoms with Crippen LogP contribution in [-0.4, -0.2) is 49.2 Å². The Morgan fingerprint density at radius 1 is 0.967 bits per heavy atom. The van der Waals surface area contributed by atoms with E-state index in [0.29, 0.717) is 28.4 Å². The Balaban J connectivity index is 1.36. The molecule has 2 aromatic carbocycles. The maximum Gasteiger partial charge on any atom is 0.261 e. The Hall–Kier alpha value is -3.68. The van der Waals surface area contributed by atoms with Crippen molar-refractivity contribution in [2.75, 3.05) is 6.54 Å². The fraction of sp³-hybridized carbons (Fsp3) is 0.273. The number of carbonyl (C=O) groups excluding carboxylic acids is 3. The Morgan fingerprint density at radius 2 is 1.60 bits per heavy atom. The zero-order valence-corrected chi connectivity index (χ0v) is 16.8. The monoisotopic (exact) mass is 403 g/mol. The van der Waals surface area contributed by atoms with Gasteiger partial charge in [0.25, 0.3) is 11.8 Å². The lowest BCUT2D eigenvalue weighted by Gasteiger charge is -2.11. The van der Waals surface area contributed by atoms with E-state index in [0.717, 1.165) is 0 Å². The standard InChI is InChI=1S/C22H21N5O3/c1-14(2)15-7-9-16(10-8-15)19(28)13-27-24-20(23-25-27)11-12-26-21(29)17-5-3-4-6-18(17)22(26)30/h3-10,14H,11-13H2,1-2H3. The summed E-state index contributed by atoms with van der Waals surface area (Å²) in [6.07, 6.45) is 0.267. The molecule has 0 saturated heterocycles. The molecule has 2 heterocycles. The lowest BCUT2D eigenvalue weighted by atomic mass is 10.0. The molecule has 8 heteroatoms. The van der Waals surface area contributed by atoms with Crippen LogP contribution in [0.4, 0.5) is 0 Å². The normalized spacial score (nSPS) is 13.2. The highest BCUT2D eigenvalue weighted by molar-refractivity contribution is 6.21. The highest BCUT2D eigenvalue weighted by Crippen LogP contribution is 2.22. The first-order valence-corrected chi connectivity index (χ1v) is 9.79. The third-order valence-electron chi connectivity index (χ3n) is 5.12. The van der Waals surface area contributed by atoms with Crippen LogP contribution in [0.5, 0.6) is 0 Å². The van der Waals surface area contributed by atoms with Gasteiger partial charge in [0.05, 0.1) is 11.1 Å². The number of rotatable bonds is 7. The van der Waals surface area contributed by atoms with Crippen molar-refractivity contribution in [3.8, 4) is 0 Å². The number of ketones is 1. The number of amides is 2. The number of nitrogens with zero attached hydrogens (tertiary/aromatic N) is 5. The van der Waals surface area contributed by atoms with Crippen molar-refractivity contribution in [1.29, 1.82) is 0 Å². The summed E-state index contributed by atoms with van der Waals surface area (Å²) < 4.78 is 0. The Labute approximate surface area is 173 Å². The maximum absolute atomic E-state index is 12.5. The molecule has 3 aromatic rings. The van der Waals surface area contributed by atoms with Crippen LogP contribution in [0.15, 0.2) is 48.5 Å². The SMILES string of the molecule is CC(C)c1ccc(C(=O)Cn2nnc(CCN3C(=O)c4ccccc4C3=O)n2)cc1. The summed E-state index contributed by atoms with van der Waals surface area (Å²) in [5.41, 5.74) is 2.58. The van der Waals surface area contributed by atoms with Crippen molar-refractivity contribution in [2.24, 2.45) is 0 Å². The number of aromatic nitrogens is 4. The molecule has 152 valence electrons. The van der Waals surface area contributed by atoms with Crippen LogP contribution in [0, 0.1) is 0 Å².